The van der Waals surface area contributed by atoms with Gasteiger partial charge in [0.05, 0.1) is 24.1 Å². The summed E-state index contributed by atoms with van der Waals surface area (Å²) in [6.07, 6.45) is 0.684. The molecular formula is C13H14N2O3. The van der Waals surface area contributed by atoms with Crippen molar-refractivity contribution < 1.29 is 14.6 Å². The number of imidazole rings is 1. The van der Waals surface area contributed by atoms with E-state index in [1.165, 1.54) is 0 Å². The van der Waals surface area contributed by atoms with Crippen LogP contribution >= 0.6 is 0 Å². The van der Waals surface area contributed by atoms with Gasteiger partial charge in [-0.15, -0.1) is 0 Å². The van der Waals surface area contributed by atoms with Crippen LogP contribution in [0.2, 0.25) is 0 Å². The van der Waals surface area contributed by atoms with Gasteiger partial charge in [-0.05, 0) is 18.6 Å². The van der Waals surface area contributed by atoms with Crippen molar-refractivity contribution in [1.82, 2.24) is 9.55 Å². The molecule has 5 nitrogen and oxygen atoms in total. The molecule has 1 aromatic heterocycles. The Morgan fingerprint density at radius 2 is 2.33 bits per heavy atom. The second-order valence-electron chi connectivity index (χ2n) is 4.67. The van der Waals surface area contributed by atoms with Gasteiger partial charge in [-0.25, -0.2) is 4.98 Å². The van der Waals surface area contributed by atoms with Gasteiger partial charge in [0.2, 0.25) is 0 Å². The Kier molecular flexibility index (Phi) is 2.29. The summed E-state index contributed by atoms with van der Waals surface area (Å²) >= 11 is 0. The minimum Gasteiger partial charge on any atom is -0.497 e. The monoisotopic (exact) mass is 246 g/mol. The third kappa shape index (κ3) is 1.54. The first-order chi connectivity index (χ1) is 8.61. The number of hydrogen-bond acceptors (Lipinski definition) is 3. The summed E-state index contributed by atoms with van der Waals surface area (Å²) in [7, 11) is 3.54. The second-order valence-corrected chi connectivity index (χ2v) is 4.67. The molecule has 1 aromatic carbocycles. The molecule has 2 aromatic rings. The molecule has 0 amide bonds. The summed E-state index contributed by atoms with van der Waals surface area (Å²) in [6.45, 7) is 0. The van der Waals surface area contributed by atoms with Gasteiger partial charge < -0.3 is 14.4 Å². The average Bonchev–Trinajstić information content (AvgIpc) is 3.09. The Balaban J connectivity index is 2.04. The van der Waals surface area contributed by atoms with Crippen LogP contribution in [0.3, 0.4) is 0 Å². The largest absolute Gasteiger partial charge is 0.497 e. The highest BCUT2D eigenvalue weighted by atomic mass is 16.5. The molecule has 94 valence electrons. The van der Waals surface area contributed by atoms with E-state index in [0.29, 0.717) is 6.42 Å². The van der Waals surface area contributed by atoms with Crippen LogP contribution in [0.4, 0.5) is 0 Å². The maximum absolute atomic E-state index is 10.9. The van der Waals surface area contributed by atoms with Gasteiger partial charge in [0.15, 0.2) is 0 Å². The smallest absolute Gasteiger partial charge is 0.307 e. The fourth-order valence-corrected chi connectivity index (χ4v) is 2.41. The van der Waals surface area contributed by atoms with E-state index in [1.54, 1.807) is 7.11 Å². The van der Waals surface area contributed by atoms with Crippen molar-refractivity contribution in [2.75, 3.05) is 7.11 Å². The van der Waals surface area contributed by atoms with Crippen molar-refractivity contribution in [3.63, 3.8) is 0 Å². The molecule has 0 aliphatic heterocycles. The number of fused-ring (bicyclic) bond motifs is 1. The van der Waals surface area contributed by atoms with E-state index in [4.69, 9.17) is 9.84 Å². The number of aryl methyl sites for hydroxylation is 1. The minimum atomic E-state index is -0.732. The van der Waals surface area contributed by atoms with Crippen molar-refractivity contribution in [2.45, 2.75) is 12.3 Å². The second kappa shape index (κ2) is 3.73. The van der Waals surface area contributed by atoms with Gasteiger partial charge in [0.1, 0.15) is 11.6 Å². The first kappa shape index (κ1) is 11.1. The molecule has 1 saturated carbocycles. The molecular weight excluding hydrogens is 232 g/mol. The van der Waals surface area contributed by atoms with E-state index < -0.39 is 5.97 Å². The molecule has 1 aliphatic rings. The van der Waals surface area contributed by atoms with Gasteiger partial charge >= 0.3 is 5.97 Å². The predicted octanol–water partition coefficient (Wildman–Crippen LogP) is 1.77. The Labute approximate surface area is 104 Å². The minimum absolute atomic E-state index is 0.0471. The van der Waals surface area contributed by atoms with Crippen LogP contribution in [-0.4, -0.2) is 27.7 Å². The topological polar surface area (TPSA) is 64.3 Å². The Morgan fingerprint density at radius 3 is 2.94 bits per heavy atom. The fourth-order valence-electron chi connectivity index (χ4n) is 2.41. The number of carboxylic acid groups (broad SMARTS) is 1. The third-order valence-corrected chi connectivity index (χ3v) is 3.56. The molecule has 2 atom stereocenters. The van der Waals surface area contributed by atoms with Crippen molar-refractivity contribution in [1.29, 1.82) is 0 Å². The summed E-state index contributed by atoms with van der Waals surface area (Å²) < 4.78 is 7.14. The molecule has 0 radical (unpaired) electrons. The Hall–Kier alpha value is -2.04. The lowest BCUT2D eigenvalue weighted by molar-refractivity contribution is -0.138. The third-order valence-electron chi connectivity index (χ3n) is 3.56. The number of carboxylic acids is 1. The highest BCUT2D eigenvalue weighted by Crippen LogP contribution is 2.47. The number of aliphatic carboxylic acids is 1. The molecule has 0 bridgehead atoms. The van der Waals surface area contributed by atoms with Gasteiger partial charge in [0.25, 0.3) is 0 Å². The van der Waals surface area contributed by atoms with Crippen molar-refractivity contribution in [3.8, 4) is 5.75 Å². The molecule has 1 heterocycles. The first-order valence-corrected chi connectivity index (χ1v) is 5.85. The SMILES string of the molecule is COc1ccc2c(c1)nc(C1CC1C(=O)O)n2C. The number of aromatic nitrogens is 2. The zero-order valence-corrected chi connectivity index (χ0v) is 10.3. The van der Waals surface area contributed by atoms with Gasteiger partial charge in [0, 0.05) is 19.0 Å². The van der Waals surface area contributed by atoms with E-state index in [9.17, 15) is 4.79 Å². The first-order valence-electron chi connectivity index (χ1n) is 5.85. The van der Waals surface area contributed by atoms with Crippen LogP contribution in [-0.2, 0) is 11.8 Å². The Bertz CT molecular complexity index is 632. The van der Waals surface area contributed by atoms with Crippen molar-refractivity contribution in [3.05, 3.63) is 24.0 Å². The van der Waals surface area contributed by atoms with Gasteiger partial charge in [-0.1, -0.05) is 0 Å². The lowest BCUT2D eigenvalue weighted by atomic mass is 10.3. The number of benzene rings is 1. The van der Waals surface area contributed by atoms with Crippen LogP contribution < -0.4 is 4.74 Å². The predicted molar refractivity (Wildman–Crippen MR) is 65.7 cm³/mol. The molecule has 5 heteroatoms. The molecule has 3 rings (SSSR count). The summed E-state index contributed by atoms with van der Waals surface area (Å²) in [5, 5.41) is 8.98. The molecule has 2 unspecified atom stereocenters. The van der Waals surface area contributed by atoms with Gasteiger partial charge in [-0.3, -0.25) is 4.79 Å². The summed E-state index contributed by atoms with van der Waals surface area (Å²) in [5.41, 5.74) is 1.85. The lowest BCUT2D eigenvalue weighted by Gasteiger charge is -2.01. The molecule has 1 fully saturated rings. The molecule has 1 aliphatic carbocycles. The summed E-state index contributed by atoms with van der Waals surface area (Å²) in [6, 6.07) is 5.70. The van der Waals surface area contributed by atoms with Crippen molar-refractivity contribution >= 4 is 17.0 Å². The number of nitrogens with zero attached hydrogens (tertiary/aromatic N) is 2. The Morgan fingerprint density at radius 1 is 1.56 bits per heavy atom. The van der Waals surface area contributed by atoms with Crippen LogP contribution in [0, 0.1) is 5.92 Å². The molecule has 0 saturated heterocycles. The van der Waals surface area contributed by atoms with Crippen LogP contribution in [0.25, 0.3) is 11.0 Å². The highest BCUT2D eigenvalue weighted by molar-refractivity contribution is 5.79. The van der Waals surface area contributed by atoms with Crippen LogP contribution in [0.1, 0.15) is 18.2 Å². The number of methoxy groups -OCH3 is 1. The average molecular weight is 246 g/mol. The van der Waals surface area contributed by atoms with Gasteiger partial charge in [-0.2, -0.15) is 0 Å². The molecule has 18 heavy (non-hydrogen) atoms. The maximum Gasteiger partial charge on any atom is 0.307 e. The summed E-state index contributed by atoms with van der Waals surface area (Å²) in [5.74, 6) is 0.654. The van der Waals surface area contributed by atoms with Crippen LogP contribution in [0.15, 0.2) is 18.2 Å². The molecule has 1 N–H and O–H groups in total. The number of rotatable bonds is 3. The number of hydrogen-bond donors (Lipinski definition) is 1. The van der Waals surface area contributed by atoms with E-state index >= 15 is 0 Å². The van der Waals surface area contributed by atoms with E-state index in [-0.39, 0.29) is 11.8 Å². The zero-order chi connectivity index (χ0) is 12.9. The lowest BCUT2D eigenvalue weighted by Crippen LogP contribution is -2.02. The summed E-state index contributed by atoms with van der Waals surface area (Å²) in [4.78, 5) is 15.5. The van der Waals surface area contributed by atoms with E-state index in [1.807, 2.05) is 29.8 Å². The fraction of sp³-hybridized carbons (Fsp3) is 0.385. The molecule has 0 spiro atoms. The standard InChI is InChI=1S/C13H14N2O3/c1-15-11-4-3-7(18-2)5-10(11)14-12(15)8-6-9(8)13(16)17/h3-5,8-9H,6H2,1-2H3,(H,16,17). The zero-order valence-electron chi connectivity index (χ0n) is 10.3. The van der Waals surface area contributed by atoms with E-state index in [0.717, 1.165) is 22.6 Å². The highest BCUT2D eigenvalue weighted by Gasteiger charge is 2.46. The normalized spacial score (nSPS) is 22.1. The van der Waals surface area contributed by atoms with E-state index in [2.05, 4.69) is 4.98 Å². The maximum atomic E-state index is 10.9. The van der Waals surface area contributed by atoms with Crippen molar-refractivity contribution in [2.24, 2.45) is 13.0 Å². The number of ether oxygens (including phenoxy) is 1. The quantitative estimate of drug-likeness (QED) is 0.896. The number of carbonyl (C=O) groups is 1. The van der Waals surface area contributed by atoms with Crippen LogP contribution in [0.5, 0.6) is 5.75 Å².